The third-order valence-electron chi connectivity index (χ3n) is 6.11. The predicted molar refractivity (Wildman–Crippen MR) is 153 cm³/mol. The molecule has 5 aromatic rings. The largest absolute Gasteiger partial charge is 0.0622 e. The SMILES string of the molecule is Cc1ccccc1P(c1ccccc1)c1ccc(P(c2ccccc2)c2ccccc2C)cc1. The van der Waals surface area contributed by atoms with Gasteiger partial charge in [0, 0.05) is 0 Å². The Bertz CT molecular complexity index is 1250. The minimum absolute atomic E-state index is 0.606. The van der Waals surface area contributed by atoms with E-state index in [0.717, 1.165) is 0 Å². The average molecular weight is 475 g/mol. The molecule has 0 aliphatic rings. The molecule has 2 unspecified atom stereocenters. The van der Waals surface area contributed by atoms with Gasteiger partial charge in [0.25, 0.3) is 0 Å². The fourth-order valence-electron chi connectivity index (χ4n) is 4.39. The minimum Gasteiger partial charge on any atom is -0.0622 e. The van der Waals surface area contributed by atoms with Gasteiger partial charge in [0.05, 0.1) is 0 Å². The summed E-state index contributed by atoms with van der Waals surface area (Å²) < 4.78 is 0. The molecular weight excluding hydrogens is 446 g/mol. The minimum atomic E-state index is -0.606. The van der Waals surface area contributed by atoms with E-state index in [1.165, 1.54) is 43.0 Å². The van der Waals surface area contributed by atoms with Crippen molar-refractivity contribution >= 4 is 47.7 Å². The molecule has 5 rings (SSSR count). The zero-order valence-corrected chi connectivity index (χ0v) is 21.4. The van der Waals surface area contributed by atoms with Crippen LogP contribution in [0.5, 0.6) is 0 Å². The number of hydrogen-bond donors (Lipinski definition) is 0. The Kier molecular flexibility index (Phi) is 7.01. The topological polar surface area (TPSA) is 0 Å². The summed E-state index contributed by atoms with van der Waals surface area (Å²) in [5, 5.41) is 8.44. The van der Waals surface area contributed by atoms with Crippen LogP contribution in [0.2, 0.25) is 0 Å². The van der Waals surface area contributed by atoms with E-state index < -0.39 is 15.8 Å². The third kappa shape index (κ3) is 4.76. The van der Waals surface area contributed by atoms with E-state index in [1.54, 1.807) is 0 Å². The predicted octanol–water partition coefficient (Wildman–Crippen LogP) is 5.82. The molecule has 0 amide bonds. The van der Waals surface area contributed by atoms with Crippen molar-refractivity contribution < 1.29 is 0 Å². The van der Waals surface area contributed by atoms with Gasteiger partial charge in [-0.05, 0) is 72.6 Å². The van der Waals surface area contributed by atoms with E-state index in [4.69, 9.17) is 0 Å². The highest BCUT2D eigenvalue weighted by atomic mass is 31.1. The standard InChI is InChI=1S/C32H28P2/c1-25-13-9-11-19-31(25)33(27-15-5-3-6-16-27)29-21-23-30(24-22-29)34(28-17-7-4-8-18-28)32-20-12-10-14-26(32)2/h3-24H,1-2H3. The number of hydrogen-bond acceptors (Lipinski definition) is 0. The van der Waals surface area contributed by atoms with E-state index in [-0.39, 0.29) is 0 Å². The zero-order valence-electron chi connectivity index (χ0n) is 19.6. The Balaban J connectivity index is 1.60. The maximum Gasteiger partial charge on any atom is -0.0122 e. The molecule has 0 heterocycles. The van der Waals surface area contributed by atoms with Crippen LogP contribution in [0.3, 0.4) is 0 Å². The maximum absolute atomic E-state index is 2.37. The zero-order chi connectivity index (χ0) is 23.3. The molecule has 0 aliphatic carbocycles. The Morgan fingerprint density at radius 1 is 0.324 bits per heavy atom. The van der Waals surface area contributed by atoms with E-state index in [0.29, 0.717) is 0 Å². The number of aryl methyl sites for hydroxylation is 2. The molecule has 0 saturated heterocycles. The molecule has 2 atom stereocenters. The first kappa shape index (κ1) is 22.7. The quantitative estimate of drug-likeness (QED) is 0.272. The molecule has 34 heavy (non-hydrogen) atoms. The van der Waals surface area contributed by atoms with Crippen molar-refractivity contribution in [2.24, 2.45) is 0 Å². The second-order valence-electron chi connectivity index (χ2n) is 8.43. The van der Waals surface area contributed by atoms with Crippen molar-refractivity contribution in [2.75, 3.05) is 0 Å². The van der Waals surface area contributed by atoms with Crippen LogP contribution >= 0.6 is 15.8 Å². The summed E-state index contributed by atoms with van der Waals surface area (Å²) in [6, 6.07) is 49.1. The molecule has 5 aromatic carbocycles. The Labute approximate surface area is 205 Å². The number of benzene rings is 5. The Morgan fingerprint density at radius 3 is 0.971 bits per heavy atom. The molecule has 0 N–H and O–H groups in total. The fourth-order valence-corrected chi connectivity index (χ4v) is 9.26. The van der Waals surface area contributed by atoms with Gasteiger partial charge in [-0.1, -0.05) is 133 Å². The van der Waals surface area contributed by atoms with Crippen LogP contribution in [0, 0.1) is 13.8 Å². The van der Waals surface area contributed by atoms with Crippen molar-refractivity contribution in [3.8, 4) is 0 Å². The van der Waals surface area contributed by atoms with Gasteiger partial charge >= 0.3 is 0 Å². The summed E-state index contributed by atoms with van der Waals surface area (Å²) in [6.45, 7) is 4.46. The van der Waals surface area contributed by atoms with Gasteiger partial charge in [0.1, 0.15) is 0 Å². The molecule has 0 aromatic heterocycles. The van der Waals surface area contributed by atoms with Crippen LogP contribution in [-0.2, 0) is 0 Å². The molecule has 0 saturated carbocycles. The second-order valence-corrected chi connectivity index (χ2v) is 12.8. The molecule has 166 valence electrons. The Hall–Kier alpha value is -3.04. The van der Waals surface area contributed by atoms with Crippen LogP contribution in [0.25, 0.3) is 0 Å². The van der Waals surface area contributed by atoms with Gasteiger partial charge < -0.3 is 0 Å². The lowest BCUT2D eigenvalue weighted by Gasteiger charge is -2.24. The normalized spacial score (nSPS) is 12.8. The van der Waals surface area contributed by atoms with Crippen LogP contribution in [-0.4, -0.2) is 0 Å². The third-order valence-corrected chi connectivity index (χ3v) is 11.3. The van der Waals surface area contributed by atoms with Gasteiger partial charge in [-0.25, -0.2) is 0 Å². The first-order valence-electron chi connectivity index (χ1n) is 11.6. The van der Waals surface area contributed by atoms with Crippen LogP contribution in [0.1, 0.15) is 11.1 Å². The van der Waals surface area contributed by atoms with Crippen LogP contribution in [0.15, 0.2) is 133 Å². The van der Waals surface area contributed by atoms with Crippen molar-refractivity contribution in [3.05, 3.63) is 145 Å². The average Bonchev–Trinajstić information content (AvgIpc) is 2.89. The summed E-state index contributed by atoms with van der Waals surface area (Å²) in [7, 11) is -1.21. The van der Waals surface area contributed by atoms with E-state index >= 15 is 0 Å². The fraction of sp³-hybridized carbons (Fsp3) is 0.0625. The van der Waals surface area contributed by atoms with E-state index in [9.17, 15) is 0 Å². The highest BCUT2D eigenvalue weighted by Crippen LogP contribution is 2.36. The molecule has 0 aliphatic heterocycles. The van der Waals surface area contributed by atoms with Crippen molar-refractivity contribution in [2.45, 2.75) is 13.8 Å². The molecule has 0 fully saturated rings. The first-order chi connectivity index (χ1) is 16.7. The monoisotopic (exact) mass is 474 g/mol. The second kappa shape index (κ2) is 10.5. The molecule has 0 spiro atoms. The van der Waals surface area contributed by atoms with Gasteiger partial charge in [0.2, 0.25) is 0 Å². The van der Waals surface area contributed by atoms with E-state index in [2.05, 4.69) is 147 Å². The lowest BCUT2D eigenvalue weighted by atomic mass is 10.2. The lowest BCUT2D eigenvalue weighted by molar-refractivity contribution is 1.52. The van der Waals surface area contributed by atoms with Gasteiger partial charge in [-0.2, -0.15) is 0 Å². The summed E-state index contributed by atoms with van der Waals surface area (Å²) in [6.07, 6.45) is 0. The molecular formula is C32H28P2. The lowest BCUT2D eigenvalue weighted by Crippen LogP contribution is -2.25. The van der Waals surface area contributed by atoms with Crippen LogP contribution in [0.4, 0.5) is 0 Å². The highest BCUT2D eigenvalue weighted by molar-refractivity contribution is 7.80. The van der Waals surface area contributed by atoms with Crippen molar-refractivity contribution in [1.82, 2.24) is 0 Å². The number of rotatable bonds is 6. The summed E-state index contributed by atoms with van der Waals surface area (Å²) in [5.74, 6) is 0. The highest BCUT2D eigenvalue weighted by Gasteiger charge is 2.21. The summed E-state index contributed by atoms with van der Waals surface area (Å²) in [5.41, 5.74) is 2.71. The molecule has 0 bridgehead atoms. The van der Waals surface area contributed by atoms with Gasteiger partial charge in [-0.3, -0.25) is 0 Å². The Morgan fingerprint density at radius 2 is 0.618 bits per heavy atom. The van der Waals surface area contributed by atoms with Gasteiger partial charge in [-0.15, -0.1) is 0 Å². The van der Waals surface area contributed by atoms with E-state index in [1.807, 2.05) is 0 Å². The molecule has 0 nitrogen and oxygen atoms in total. The van der Waals surface area contributed by atoms with Crippen molar-refractivity contribution in [1.29, 1.82) is 0 Å². The smallest absolute Gasteiger partial charge is 0.0122 e. The summed E-state index contributed by atoms with van der Waals surface area (Å²) in [4.78, 5) is 0. The van der Waals surface area contributed by atoms with Crippen LogP contribution < -0.4 is 31.8 Å². The molecule has 0 radical (unpaired) electrons. The maximum atomic E-state index is 2.37. The first-order valence-corrected chi connectivity index (χ1v) is 14.3. The van der Waals surface area contributed by atoms with Gasteiger partial charge in [0.15, 0.2) is 0 Å². The van der Waals surface area contributed by atoms with Crippen molar-refractivity contribution in [3.63, 3.8) is 0 Å². The molecule has 2 heteroatoms. The summed E-state index contributed by atoms with van der Waals surface area (Å²) >= 11 is 0.